The number of amides is 1. The summed E-state index contributed by atoms with van der Waals surface area (Å²) in [4.78, 5) is 14.1. The molecule has 1 aliphatic heterocycles. The monoisotopic (exact) mass is 261 g/mol. The Morgan fingerprint density at radius 3 is 2.68 bits per heavy atom. The summed E-state index contributed by atoms with van der Waals surface area (Å²) in [7, 11) is 4.04. The second-order valence-corrected chi connectivity index (χ2v) is 5.32. The van der Waals surface area contributed by atoms with Crippen LogP contribution in [0.1, 0.15) is 18.4 Å². The molecule has 0 saturated carbocycles. The van der Waals surface area contributed by atoms with Gasteiger partial charge in [-0.2, -0.15) is 0 Å². The van der Waals surface area contributed by atoms with Crippen molar-refractivity contribution in [3.05, 3.63) is 29.8 Å². The molecule has 1 aromatic carbocycles. The molecule has 1 unspecified atom stereocenters. The molecule has 2 N–H and O–H groups in total. The van der Waals surface area contributed by atoms with Gasteiger partial charge in [-0.3, -0.25) is 4.79 Å². The minimum Gasteiger partial charge on any atom is -0.378 e. The van der Waals surface area contributed by atoms with Gasteiger partial charge in [0.2, 0.25) is 5.91 Å². The molecule has 0 aromatic heterocycles. The Hall–Kier alpha value is -1.55. The van der Waals surface area contributed by atoms with Gasteiger partial charge in [-0.05, 0) is 37.1 Å². The highest BCUT2D eigenvalue weighted by Gasteiger charge is 2.20. The largest absolute Gasteiger partial charge is 0.378 e. The van der Waals surface area contributed by atoms with Crippen molar-refractivity contribution in [2.45, 2.75) is 19.4 Å². The van der Waals surface area contributed by atoms with E-state index in [1.807, 2.05) is 14.1 Å². The van der Waals surface area contributed by atoms with E-state index in [1.54, 1.807) is 0 Å². The van der Waals surface area contributed by atoms with Crippen molar-refractivity contribution < 1.29 is 4.79 Å². The summed E-state index contributed by atoms with van der Waals surface area (Å²) in [6, 6.07) is 8.27. The summed E-state index contributed by atoms with van der Waals surface area (Å²) >= 11 is 0. The fourth-order valence-corrected chi connectivity index (χ4v) is 2.32. The van der Waals surface area contributed by atoms with E-state index in [0.29, 0.717) is 6.54 Å². The zero-order chi connectivity index (χ0) is 13.7. The number of carbonyl (C=O) groups is 1. The van der Waals surface area contributed by atoms with Crippen molar-refractivity contribution in [2.24, 2.45) is 5.92 Å². The number of carbonyl (C=O) groups excluding carboxylic acids is 1. The van der Waals surface area contributed by atoms with Crippen LogP contribution < -0.4 is 15.5 Å². The molecule has 1 aliphatic rings. The number of benzene rings is 1. The standard InChI is InChI=1S/C15H23N3O/c1-18(2)14-7-5-12(6-8-14)10-17-15(19)13-4-3-9-16-11-13/h5-8,13,16H,3-4,9-11H2,1-2H3,(H,17,19). The maximum absolute atomic E-state index is 12.0. The molecule has 1 heterocycles. The smallest absolute Gasteiger partial charge is 0.224 e. The number of nitrogens with one attached hydrogen (secondary N) is 2. The molecule has 1 saturated heterocycles. The lowest BCUT2D eigenvalue weighted by Gasteiger charge is -2.22. The van der Waals surface area contributed by atoms with Gasteiger partial charge < -0.3 is 15.5 Å². The van der Waals surface area contributed by atoms with Crippen LogP contribution in [0, 0.1) is 5.92 Å². The number of nitrogens with zero attached hydrogens (tertiary/aromatic N) is 1. The van der Waals surface area contributed by atoms with E-state index in [2.05, 4.69) is 39.8 Å². The molecule has 0 spiro atoms. The number of hydrogen-bond donors (Lipinski definition) is 2. The van der Waals surface area contributed by atoms with Crippen LogP contribution in [0.3, 0.4) is 0 Å². The Morgan fingerprint density at radius 2 is 2.11 bits per heavy atom. The molecular weight excluding hydrogens is 238 g/mol. The van der Waals surface area contributed by atoms with Crippen LogP contribution >= 0.6 is 0 Å². The zero-order valence-electron chi connectivity index (χ0n) is 11.8. The molecule has 1 aromatic rings. The first-order chi connectivity index (χ1) is 9.16. The van der Waals surface area contributed by atoms with E-state index in [-0.39, 0.29) is 11.8 Å². The average Bonchev–Trinajstić information content (AvgIpc) is 2.46. The Morgan fingerprint density at radius 1 is 1.37 bits per heavy atom. The van der Waals surface area contributed by atoms with Crippen LogP contribution in [0.2, 0.25) is 0 Å². The normalized spacial score (nSPS) is 18.9. The maximum Gasteiger partial charge on any atom is 0.224 e. The van der Waals surface area contributed by atoms with Crippen molar-refractivity contribution in [3.63, 3.8) is 0 Å². The molecule has 1 atom stereocenters. The Balaban J connectivity index is 1.82. The van der Waals surface area contributed by atoms with Crippen LogP contribution in [0.5, 0.6) is 0 Å². The first-order valence-corrected chi connectivity index (χ1v) is 6.91. The molecule has 0 bridgehead atoms. The Labute approximate surface area is 115 Å². The zero-order valence-corrected chi connectivity index (χ0v) is 11.8. The van der Waals surface area contributed by atoms with Crippen LogP contribution in [-0.4, -0.2) is 33.1 Å². The lowest BCUT2D eigenvalue weighted by molar-refractivity contribution is -0.125. The number of hydrogen-bond acceptors (Lipinski definition) is 3. The molecule has 1 amide bonds. The lowest BCUT2D eigenvalue weighted by Crippen LogP contribution is -2.40. The van der Waals surface area contributed by atoms with Gasteiger partial charge in [-0.1, -0.05) is 12.1 Å². The molecule has 4 heteroatoms. The molecule has 2 rings (SSSR count). The fourth-order valence-electron chi connectivity index (χ4n) is 2.32. The van der Waals surface area contributed by atoms with E-state index in [4.69, 9.17) is 0 Å². The molecule has 104 valence electrons. The second kappa shape index (κ2) is 6.57. The lowest BCUT2D eigenvalue weighted by atomic mass is 9.99. The minimum atomic E-state index is 0.134. The van der Waals surface area contributed by atoms with Crippen LogP contribution in [0.25, 0.3) is 0 Å². The predicted molar refractivity (Wildman–Crippen MR) is 78.2 cm³/mol. The van der Waals surface area contributed by atoms with E-state index in [9.17, 15) is 4.79 Å². The van der Waals surface area contributed by atoms with Gasteiger partial charge >= 0.3 is 0 Å². The van der Waals surface area contributed by atoms with Crippen molar-refractivity contribution in [2.75, 3.05) is 32.1 Å². The first kappa shape index (κ1) is 13.9. The molecule has 19 heavy (non-hydrogen) atoms. The van der Waals surface area contributed by atoms with Gasteiger partial charge in [0.1, 0.15) is 0 Å². The van der Waals surface area contributed by atoms with Crippen LogP contribution in [-0.2, 0) is 11.3 Å². The highest BCUT2D eigenvalue weighted by atomic mass is 16.1. The van der Waals surface area contributed by atoms with Gasteiger partial charge in [0, 0.05) is 32.9 Å². The maximum atomic E-state index is 12.0. The van der Waals surface area contributed by atoms with Crippen molar-refractivity contribution in [3.8, 4) is 0 Å². The number of anilines is 1. The van der Waals surface area contributed by atoms with Crippen LogP contribution in [0.15, 0.2) is 24.3 Å². The Kier molecular flexibility index (Phi) is 4.80. The fraction of sp³-hybridized carbons (Fsp3) is 0.533. The predicted octanol–water partition coefficient (Wildman–Crippen LogP) is 1.37. The summed E-state index contributed by atoms with van der Waals surface area (Å²) in [5.74, 6) is 0.304. The summed E-state index contributed by atoms with van der Waals surface area (Å²) in [6.07, 6.45) is 2.09. The average molecular weight is 261 g/mol. The van der Waals surface area contributed by atoms with Crippen molar-refractivity contribution in [1.82, 2.24) is 10.6 Å². The summed E-state index contributed by atoms with van der Waals surface area (Å²) in [5.41, 5.74) is 2.31. The van der Waals surface area contributed by atoms with Crippen molar-refractivity contribution >= 4 is 11.6 Å². The molecule has 4 nitrogen and oxygen atoms in total. The minimum absolute atomic E-state index is 0.134. The third-order valence-corrected chi connectivity index (χ3v) is 3.59. The number of piperidine rings is 1. The first-order valence-electron chi connectivity index (χ1n) is 6.91. The summed E-state index contributed by atoms with van der Waals surface area (Å²) in [5, 5.41) is 6.29. The van der Waals surface area contributed by atoms with E-state index in [1.165, 1.54) is 5.69 Å². The van der Waals surface area contributed by atoms with Crippen molar-refractivity contribution in [1.29, 1.82) is 0 Å². The highest BCUT2D eigenvalue weighted by molar-refractivity contribution is 5.78. The SMILES string of the molecule is CN(C)c1ccc(CNC(=O)C2CCCNC2)cc1. The van der Waals surface area contributed by atoms with Gasteiger partial charge in [0.15, 0.2) is 0 Å². The molecule has 1 fully saturated rings. The van der Waals surface area contributed by atoms with Gasteiger partial charge in [-0.15, -0.1) is 0 Å². The van der Waals surface area contributed by atoms with E-state index < -0.39 is 0 Å². The summed E-state index contributed by atoms with van der Waals surface area (Å²) in [6.45, 7) is 2.46. The quantitative estimate of drug-likeness (QED) is 0.860. The van der Waals surface area contributed by atoms with E-state index >= 15 is 0 Å². The third kappa shape index (κ3) is 3.96. The second-order valence-electron chi connectivity index (χ2n) is 5.32. The van der Waals surface area contributed by atoms with E-state index in [0.717, 1.165) is 31.5 Å². The highest BCUT2D eigenvalue weighted by Crippen LogP contribution is 2.13. The Bertz CT molecular complexity index is 408. The molecule has 0 aliphatic carbocycles. The van der Waals surface area contributed by atoms with Crippen LogP contribution in [0.4, 0.5) is 5.69 Å². The molecule has 0 radical (unpaired) electrons. The summed E-state index contributed by atoms with van der Waals surface area (Å²) < 4.78 is 0. The number of rotatable bonds is 4. The molecular formula is C15H23N3O. The third-order valence-electron chi connectivity index (χ3n) is 3.59. The van der Waals surface area contributed by atoms with Gasteiger partial charge in [0.25, 0.3) is 0 Å². The topological polar surface area (TPSA) is 44.4 Å². The van der Waals surface area contributed by atoms with Gasteiger partial charge in [-0.25, -0.2) is 0 Å². The van der Waals surface area contributed by atoms with Gasteiger partial charge in [0.05, 0.1) is 5.92 Å².